The number of carbonyl (C=O) groups is 2. The van der Waals surface area contributed by atoms with Crippen LogP contribution in [-0.4, -0.2) is 28.4 Å². The van der Waals surface area contributed by atoms with Gasteiger partial charge in [-0.1, -0.05) is 11.3 Å². The van der Waals surface area contributed by atoms with Gasteiger partial charge in [0.1, 0.15) is 16.7 Å². The van der Waals surface area contributed by atoms with Gasteiger partial charge in [0.15, 0.2) is 16.7 Å². The van der Waals surface area contributed by atoms with Gasteiger partial charge < -0.3 is 14.2 Å². The summed E-state index contributed by atoms with van der Waals surface area (Å²) in [5, 5.41) is 2.67. The number of halogens is 1. The lowest BCUT2D eigenvalue weighted by Crippen LogP contribution is -2.27. The molecule has 9 heteroatoms. The van der Waals surface area contributed by atoms with Crippen LogP contribution in [0.1, 0.15) is 41.5 Å². The Morgan fingerprint density at radius 2 is 1.69 bits per heavy atom. The highest BCUT2D eigenvalue weighted by Crippen LogP contribution is 2.35. The third kappa shape index (κ3) is 5.55. The lowest BCUT2D eigenvalue weighted by atomic mass is 10.2. The zero-order valence-corrected chi connectivity index (χ0v) is 16.2. The summed E-state index contributed by atoms with van der Waals surface area (Å²) in [5.41, 5.74) is -1.35. The molecule has 7 nitrogen and oxygen atoms in total. The topological polar surface area (TPSA) is 86.8 Å². The first kappa shape index (κ1) is 19.9. The number of nitrogens with zero attached hydrogens (tertiary/aromatic N) is 1. The Balaban J connectivity index is 2.26. The summed E-state index contributed by atoms with van der Waals surface area (Å²) >= 11 is 1.09. The Bertz CT molecular complexity index is 836. The zero-order valence-electron chi connectivity index (χ0n) is 15.4. The molecule has 0 aliphatic carbocycles. The molecule has 1 amide bonds. The van der Waals surface area contributed by atoms with Gasteiger partial charge in [-0.2, -0.15) is 0 Å². The van der Waals surface area contributed by atoms with E-state index in [1.165, 1.54) is 6.07 Å². The van der Waals surface area contributed by atoms with Gasteiger partial charge in [-0.25, -0.2) is 19.0 Å². The maximum atomic E-state index is 14.1. The predicted octanol–water partition coefficient (Wildman–Crippen LogP) is 5.10. The minimum atomic E-state index is -1.04. The molecule has 142 valence electrons. The fraction of sp³-hybridized carbons (Fsp3) is 0.471. The number of aromatic nitrogens is 1. The Morgan fingerprint density at radius 1 is 1.08 bits per heavy atom. The number of anilines is 1. The van der Waals surface area contributed by atoms with Crippen molar-refractivity contribution in [3.8, 4) is 5.75 Å². The van der Waals surface area contributed by atoms with Crippen LogP contribution in [0.5, 0.6) is 5.75 Å². The summed E-state index contributed by atoms with van der Waals surface area (Å²) in [6.45, 7) is 10.2. The summed E-state index contributed by atoms with van der Waals surface area (Å²) in [6, 6.07) is 2.63. The molecule has 0 aliphatic rings. The molecule has 0 spiro atoms. The van der Waals surface area contributed by atoms with Crippen molar-refractivity contribution in [3.05, 3.63) is 17.9 Å². The van der Waals surface area contributed by atoms with Gasteiger partial charge in [0.25, 0.3) is 0 Å². The van der Waals surface area contributed by atoms with E-state index >= 15 is 0 Å². The van der Waals surface area contributed by atoms with Crippen LogP contribution in [0.25, 0.3) is 10.2 Å². The van der Waals surface area contributed by atoms with Gasteiger partial charge >= 0.3 is 12.2 Å². The third-order valence-corrected chi connectivity index (χ3v) is 3.59. The maximum Gasteiger partial charge on any atom is 0.514 e. The number of benzene rings is 1. The molecule has 0 bridgehead atoms. The highest BCUT2D eigenvalue weighted by molar-refractivity contribution is 7.22. The van der Waals surface area contributed by atoms with E-state index in [2.05, 4.69) is 10.3 Å². The van der Waals surface area contributed by atoms with Crippen molar-refractivity contribution in [2.75, 3.05) is 5.32 Å². The molecule has 0 radical (unpaired) electrons. The normalized spacial score (nSPS) is 12.0. The van der Waals surface area contributed by atoms with Crippen molar-refractivity contribution < 1.29 is 28.2 Å². The number of thiazole rings is 1. The molecule has 26 heavy (non-hydrogen) atoms. The molecule has 1 heterocycles. The summed E-state index contributed by atoms with van der Waals surface area (Å²) in [5.74, 6) is -1.12. The van der Waals surface area contributed by atoms with E-state index in [1.54, 1.807) is 41.5 Å². The van der Waals surface area contributed by atoms with Gasteiger partial charge in [-0.15, -0.1) is 0 Å². The van der Waals surface area contributed by atoms with Crippen molar-refractivity contribution >= 4 is 38.9 Å². The molecule has 2 aromatic rings. The molecule has 1 N–H and O–H groups in total. The van der Waals surface area contributed by atoms with E-state index in [0.717, 1.165) is 17.4 Å². The average Bonchev–Trinajstić information content (AvgIpc) is 2.80. The number of amides is 1. The molecular formula is C17H21FN2O5S. The molecule has 0 aliphatic heterocycles. The first-order valence-electron chi connectivity index (χ1n) is 7.84. The van der Waals surface area contributed by atoms with Gasteiger partial charge in [0, 0.05) is 0 Å². The predicted molar refractivity (Wildman–Crippen MR) is 96.3 cm³/mol. The molecule has 0 fully saturated rings. The number of hydrogen-bond donors (Lipinski definition) is 1. The van der Waals surface area contributed by atoms with E-state index in [0.29, 0.717) is 4.70 Å². The summed E-state index contributed by atoms with van der Waals surface area (Å²) < 4.78 is 29.8. The van der Waals surface area contributed by atoms with Crippen LogP contribution in [0, 0.1) is 5.82 Å². The van der Waals surface area contributed by atoms with Crippen LogP contribution in [0.3, 0.4) is 0 Å². The molecule has 0 atom stereocenters. The van der Waals surface area contributed by atoms with Crippen molar-refractivity contribution in [2.24, 2.45) is 0 Å². The molecule has 1 aromatic heterocycles. The average molecular weight is 384 g/mol. The maximum absolute atomic E-state index is 14.1. The number of nitrogens with one attached hydrogen (secondary N) is 1. The highest BCUT2D eigenvalue weighted by atomic mass is 32.1. The van der Waals surface area contributed by atoms with Crippen LogP contribution in [0.2, 0.25) is 0 Å². The molecule has 0 saturated carbocycles. The van der Waals surface area contributed by atoms with E-state index in [1.807, 2.05) is 0 Å². The Hall–Kier alpha value is -2.42. The van der Waals surface area contributed by atoms with Crippen LogP contribution in [-0.2, 0) is 9.47 Å². The SMILES string of the molecule is CC(C)(C)OC(=O)Nc1nc2c(OC(=O)OC(C)(C)C)c(F)ccc2s1. The zero-order chi connectivity index (χ0) is 19.7. The summed E-state index contributed by atoms with van der Waals surface area (Å²) in [6.07, 6.45) is -1.73. The monoisotopic (exact) mass is 384 g/mol. The fourth-order valence-corrected chi connectivity index (χ4v) is 2.69. The Morgan fingerprint density at radius 3 is 2.27 bits per heavy atom. The number of hydrogen-bond acceptors (Lipinski definition) is 7. The van der Waals surface area contributed by atoms with Crippen molar-refractivity contribution in [1.29, 1.82) is 0 Å². The smallest absolute Gasteiger partial charge is 0.444 e. The summed E-state index contributed by atoms with van der Waals surface area (Å²) in [7, 11) is 0. The lowest BCUT2D eigenvalue weighted by Gasteiger charge is -2.19. The van der Waals surface area contributed by atoms with E-state index in [4.69, 9.17) is 14.2 Å². The van der Waals surface area contributed by atoms with Crippen molar-refractivity contribution in [1.82, 2.24) is 4.98 Å². The van der Waals surface area contributed by atoms with Gasteiger partial charge in [0.05, 0.1) is 4.70 Å². The van der Waals surface area contributed by atoms with Gasteiger partial charge in [0.2, 0.25) is 0 Å². The summed E-state index contributed by atoms with van der Waals surface area (Å²) in [4.78, 5) is 27.8. The van der Waals surface area contributed by atoms with Gasteiger partial charge in [-0.3, -0.25) is 5.32 Å². The highest BCUT2D eigenvalue weighted by Gasteiger charge is 2.23. The minimum absolute atomic E-state index is 0.104. The first-order valence-corrected chi connectivity index (χ1v) is 8.65. The Kier molecular flexibility index (Phi) is 5.41. The molecule has 2 rings (SSSR count). The standard InChI is InChI=1S/C17H21FN2O5S/c1-16(2,3)24-14(21)20-13-19-11-10(26-13)8-7-9(18)12(11)23-15(22)25-17(4,5)6/h7-8H,1-6H3,(H,19,20,21). The molecular weight excluding hydrogens is 363 g/mol. The molecule has 0 saturated heterocycles. The first-order chi connectivity index (χ1) is 11.8. The van der Waals surface area contributed by atoms with E-state index in [9.17, 15) is 14.0 Å². The second-order valence-corrected chi connectivity index (χ2v) is 8.47. The van der Waals surface area contributed by atoms with Crippen LogP contribution in [0.15, 0.2) is 12.1 Å². The van der Waals surface area contributed by atoms with Crippen LogP contribution >= 0.6 is 11.3 Å². The number of fused-ring (bicyclic) bond motifs is 1. The molecule has 1 aromatic carbocycles. The lowest BCUT2D eigenvalue weighted by molar-refractivity contribution is 0.0200. The number of ether oxygens (including phenoxy) is 3. The van der Waals surface area contributed by atoms with Crippen molar-refractivity contribution in [2.45, 2.75) is 52.7 Å². The number of rotatable bonds is 2. The fourth-order valence-electron chi connectivity index (χ4n) is 1.84. The third-order valence-electron chi connectivity index (χ3n) is 2.65. The minimum Gasteiger partial charge on any atom is -0.444 e. The van der Waals surface area contributed by atoms with Crippen LogP contribution < -0.4 is 10.1 Å². The van der Waals surface area contributed by atoms with E-state index in [-0.39, 0.29) is 16.4 Å². The quantitative estimate of drug-likeness (QED) is 0.573. The second-order valence-electron chi connectivity index (χ2n) is 7.44. The van der Waals surface area contributed by atoms with Crippen LogP contribution in [0.4, 0.5) is 19.1 Å². The number of carbonyl (C=O) groups excluding carboxylic acids is 2. The second kappa shape index (κ2) is 7.06. The molecule has 0 unspecified atom stereocenters. The van der Waals surface area contributed by atoms with Gasteiger partial charge in [-0.05, 0) is 53.7 Å². The largest absolute Gasteiger partial charge is 0.514 e. The Labute approximate surface area is 154 Å². The van der Waals surface area contributed by atoms with E-state index < -0.39 is 29.3 Å². The van der Waals surface area contributed by atoms with Crippen molar-refractivity contribution in [3.63, 3.8) is 0 Å².